The highest BCUT2D eigenvalue weighted by atomic mass is 35.5. The van der Waals surface area contributed by atoms with E-state index in [1.165, 1.54) is 0 Å². The number of nitrogens with zero attached hydrogens (tertiary/aromatic N) is 2. The molecule has 2 atom stereocenters. The summed E-state index contributed by atoms with van der Waals surface area (Å²) in [5.74, 6) is 0.100. The number of piperidine rings is 1. The van der Waals surface area contributed by atoms with Crippen molar-refractivity contribution in [3.05, 3.63) is 48.3 Å². The average molecular weight is 335 g/mol. The Balaban J connectivity index is 0.00000192. The number of carbonyl (C=O) groups is 1. The van der Waals surface area contributed by atoms with Crippen LogP contribution in [0.2, 0.25) is 0 Å². The van der Waals surface area contributed by atoms with E-state index < -0.39 is 0 Å². The average Bonchev–Trinajstić information content (AvgIpc) is 3.10. The molecular formula is C17H23ClN4O. The van der Waals surface area contributed by atoms with Crippen molar-refractivity contribution in [2.75, 3.05) is 6.54 Å². The van der Waals surface area contributed by atoms with Crippen molar-refractivity contribution in [1.29, 1.82) is 0 Å². The molecule has 2 N–H and O–H groups in total. The Kier molecular flexibility index (Phi) is 6.19. The van der Waals surface area contributed by atoms with E-state index in [0.717, 1.165) is 37.1 Å². The van der Waals surface area contributed by atoms with Gasteiger partial charge >= 0.3 is 0 Å². The van der Waals surface area contributed by atoms with Gasteiger partial charge in [-0.25, -0.2) is 4.68 Å². The van der Waals surface area contributed by atoms with E-state index in [4.69, 9.17) is 0 Å². The molecule has 0 radical (unpaired) electrons. The maximum atomic E-state index is 12.2. The van der Waals surface area contributed by atoms with Gasteiger partial charge in [0.15, 0.2) is 0 Å². The van der Waals surface area contributed by atoms with Crippen molar-refractivity contribution in [2.24, 2.45) is 0 Å². The summed E-state index contributed by atoms with van der Waals surface area (Å²) in [6, 6.07) is 9.97. The van der Waals surface area contributed by atoms with Gasteiger partial charge in [0, 0.05) is 12.4 Å². The highest BCUT2D eigenvalue weighted by molar-refractivity contribution is 5.85. The van der Waals surface area contributed by atoms with Crippen LogP contribution in [0.4, 0.5) is 0 Å². The largest absolute Gasteiger partial charge is 0.348 e. The van der Waals surface area contributed by atoms with Gasteiger partial charge < -0.3 is 10.6 Å². The number of hydrogen-bond acceptors (Lipinski definition) is 3. The van der Waals surface area contributed by atoms with Crippen LogP contribution in [0.25, 0.3) is 5.69 Å². The van der Waals surface area contributed by atoms with Gasteiger partial charge in [-0.2, -0.15) is 5.10 Å². The fourth-order valence-corrected chi connectivity index (χ4v) is 2.81. The summed E-state index contributed by atoms with van der Waals surface area (Å²) in [7, 11) is 0. The monoisotopic (exact) mass is 334 g/mol. The van der Waals surface area contributed by atoms with Gasteiger partial charge in [-0.3, -0.25) is 4.79 Å². The maximum absolute atomic E-state index is 12.2. The van der Waals surface area contributed by atoms with Gasteiger partial charge in [-0.1, -0.05) is 18.6 Å². The summed E-state index contributed by atoms with van der Waals surface area (Å²) in [6.07, 6.45) is 6.88. The molecule has 1 saturated heterocycles. The van der Waals surface area contributed by atoms with Gasteiger partial charge in [0.2, 0.25) is 5.91 Å². The molecule has 5 nitrogen and oxygen atoms in total. The fourth-order valence-electron chi connectivity index (χ4n) is 2.81. The minimum absolute atomic E-state index is 0. The summed E-state index contributed by atoms with van der Waals surface area (Å²) in [6.45, 7) is 2.95. The third-order valence-corrected chi connectivity index (χ3v) is 4.15. The van der Waals surface area contributed by atoms with Crippen LogP contribution in [-0.4, -0.2) is 28.3 Å². The topological polar surface area (TPSA) is 59.0 Å². The number of aromatic nitrogens is 2. The smallest absolute Gasteiger partial charge is 0.237 e. The zero-order chi connectivity index (χ0) is 15.4. The first-order valence-corrected chi connectivity index (χ1v) is 7.88. The van der Waals surface area contributed by atoms with Gasteiger partial charge in [-0.15, -0.1) is 12.4 Å². The van der Waals surface area contributed by atoms with Crippen LogP contribution in [-0.2, 0) is 4.79 Å². The molecule has 0 spiro atoms. The SMILES string of the molecule is CC(NC(=O)C1CCCCN1)c1ccc(-n2cccn2)cc1.Cl. The number of amides is 1. The number of rotatable bonds is 4. The lowest BCUT2D eigenvalue weighted by molar-refractivity contribution is -0.124. The number of hydrogen-bond donors (Lipinski definition) is 2. The molecule has 1 fully saturated rings. The molecule has 1 aliphatic rings. The number of halogens is 1. The number of carbonyl (C=O) groups excluding carboxylic acids is 1. The summed E-state index contributed by atoms with van der Waals surface area (Å²) < 4.78 is 1.82. The molecule has 1 amide bonds. The van der Waals surface area contributed by atoms with Crippen LogP contribution < -0.4 is 10.6 Å². The van der Waals surface area contributed by atoms with Crippen molar-refractivity contribution in [3.8, 4) is 5.69 Å². The first-order valence-electron chi connectivity index (χ1n) is 7.88. The molecule has 0 bridgehead atoms. The molecule has 2 heterocycles. The molecule has 124 valence electrons. The van der Waals surface area contributed by atoms with Crippen LogP contribution in [0.3, 0.4) is 0 Å². The van der Waals surface area contributed by atoms with Crippen molar-refractivity contribution >= 4 is 18.3 Å². The van der Waals surface area contributed by atoms with Crippen LogP contribution >= 0.6 is 12.4 Å². The third kappa shape index (κ3) is 4.33. The Morgan fingerprint density at radius 3 is 2.74 bits per heavy atom. The Hall–Kier alpha value is -1.85. The van der Waals surface area contributed by atoms with E-state index in [2.05, 4.69) is 15.7 Å². The van der Waals surface area contributed by atoms with Crippen molar-refractivity contribution in [3.63, 3.8) is 0 Å². The Labute approximate surface area is 142 Å². The highest BCUT2D eigenvalue weighted by Crippen LogP contribution is 2.16. The van der Waals surface area contributed by atoms with E-state index in [9.17, 15) is 4.79 Å². The second-order valence-electron chi connectivity index (χ2n) is 5.77. The summed E-state index contributed by atoms with van der Waals surface area (Å²) in [5.41, 5.74) is 2.11. The second-order valence-corrected chi connectivity index (χ2v) is 5.77. The minimum Gasteiger partial charge on any atom is -0.348 e. The molecule has 23 heavy (non-hydrogen) atoms. The van der Waals surface area contributed by atoms with E-state index in [1.807, 2.05) is 48.1 Å². The first kappa shape index (κ1) is 17.5. The highest BCUT2D eigenvalue weighted by Gasteiger charge is 2.21. The van der Waals surface area contributed by atoms with E-state index >= 15 is 0 Å². The summed E-state index contributed by atoms with van der Waals surface area (Å²) in [5, 5.41) is 10.6. The van der Waals surface area contributed by atoms with Gasteiger partial charge in [0.05, 0.1) is 17.8 Å². The van der Waals surface area contributed by atoms with Crippen LogP contribution in [0, 0.1) is 0 Å². The summed E-state index contributed by atoms with van der Waals surface area (Å²) >= 11 is 0. The molecule has 1 aromatic carbocycles. The zero-order valence-electron chi connectivity index (χ0n) is 13.2. The lowest BCUT2D eigenvalue weighted by Gasteiger charge is -2.24. The predicted molar refractivity (Wildman–Crippen MR) is 93.0 cm³/mol. The Morgan fingerprint density at radius 1 is 1.35 bits per heavy atom. The van der Waals surface area contributed by atoms with Gasteiger partial charge in [-0.05, 0) is 50.1 Å². The maximum Gasteiger partial charge on any atom is 0.237 e. The van der Waals surface area contributed by atoms with E-state index in [0.29, 0.717) is 0 Å². The molecule has 6 heteroatoms. The van der Waals surface area contributed by atoms with Crippen molar-refractivity contribution in [1.82, 2.24) is 20.4 Å². The van der Waals surface area contributed by atoms with Gasteiger partial charge in [0.25, 0.3) is 0 Å². The normalized spacial score (nSPS) is 18.7. The zero-order valence-corrected chi connectivity index (χ0v) is 14.1. The fraction of sp³-hybridized carbons (Fsp3) is 0.412. The van der Waals surface area contributed by atoms with Crippen LogP contribution in [0.1, 0.15) is 37.8 Å². The molecule has 0 saturated carbocycles. The lowest BCUT2D eigenvalue weighted by atomic mass is 10.0. The Morgan fingerprint density at radius 2 is 2.13 bits per heavy atom. The van der Waals surface area contributed by atoms with E-state index in [-0.39, 0.29) is 30.4 Å². The molecule has 3 rings (SSSR count). The predicted octanol–water partition coefficient (Wildman–Crippen LogP) is 2.61. The Bertz CT molecular complexity index is 606. The summed E-state index contributed by atoms with van der Waals surface area (Å²) in [4.78, 5) is 12.2. The van der Waals surface area contributed by atoms with Gasteiger partial charge in [0.1, 0.15) is 0 Å². The van der Waals surface area contributed by atoms with Crippen molar-refractivity contribution < 1.29 is 4.79 Å². The van der Waals surface area contributed by atoms with E-state index in [1.54, 1.807) is 6.20 Å². The quantitative estimate of drug-likeness (QED) is 0.903. The molecule has 2 aromatic rings. The molecule has 2 unspecified atom stereocenters. The minimum atomic E-state index is -0.0421. The standard InChI is InChI=1S/C17H22N4O.ClH/c1-13(20-17(22)16-5-2-3-10-18-16)14-6-8-15(9-7-14)21-12-4-11-19-21;/h4,6-9,11-13,16,18H,2-3,5,10H2,1H3,(H,20,22);1H. The second kappa shape index (κ2) is 8.13. The number of nitrogens with one attached hydrogen (secondary N) is 2. The molecule has 1 aliphatic heterocycles. The lowest BCUT2D eigenvalue weighted by Crippen LogP contribution is -2.47. The van der Waals surface area contributed by atoms with Crippen LogP contribution in [0.15, 0.2) is 42.7 Å². The first-order chi connectivity index (χ1) is 10.7. The molecular weight excluding hydrogens is 312 g/mol. The third-order valence-electron chi connectivity index (χ3n) is 4.15. The van der Waals surface area contributed by atoms with Crippen molar-refractivity contribution in [2.45, 2.75) is 38.3 Å². The molecule has 0 aliphatic carbocycles. The number of benzene rings is 1. The molecule has 1 aromatic heterocycles. The van der Waals surface area contributed by atoms with Crippen LogP contribution in [0.5, 0.6) is 0 Å².